The van der Waals surface area contributed by atoms with E-state index in [9.17, 15) is 0 Å². The van der Waals surface area contributed by atoms with Gasteiger partial charge >= 0.3 is 0 Å². The van der Waals surface area contributed by atoms with Crippen LogP contribution in [0.3, 0.4) is 0 Å². The molecule has 1 atom stereocenters. The van der Waals surface area contributed by atoms with Gasteiger partial charge in [0.1, 0.15) is 0 Å². The van der Waals surface area contributed by atoms with E-state index in [1.165, 1.54) is 27.9 Å². The number of hydrogen-bond acceptors (Lipinski definition) is 5. The second-order valence-electron chi connectivity index (χ2n) is 6.68. The van der Waals surface area contributed by atoms with E-state index in [0.29, 0.717) is 0 Å². The molecule has 0 unspecified atom stereocenters. The van der Waals surface area contributed by atoms with Crippen LogP contribution in [0.25, 0.3) is 10.9 Å². The van der Waals surface area contributed by atoms with E-state index in [4.69, 9.17) is 0 Å². The van der Waals surface area contributed by atoms with Gasteiger partial charge in [0, 0.05) is 29.9 Å². The Morgan fingerprint density at radius 2 is 2.29 bits per heavy atom. The molecule has 2 N–H and O–H groups in total. The van der Waals surface area contributed by atoms with Gasteiger partial charge in [0.15, 0.2) is 0 Å². The number of fused-ring (bicyclic) bond motifs is 1. The van der Waals surface area contributed by atoms with Gasteiger partial charge in [0.05, 0.1) is 22.9 Å². The molecule has 1 fully saturated rings. The van der Waals surface area contributed by atoms with Crippen molar-refractivity contribution in [3.8, 4) is 0 Å². The van der Waals surface area contributed by atoms with Crippen molar-refractivity contribution in [1.29, 1.82) is 0 Å². The number of aromatic amines is 1. The molecule has 0 spiro atoms. The zero-order chi connectivity index (χ0) is 16.4. The number of rotatable bonds is 6. The predicted molar refractivity (Wildman–Crippen MR) is 98.0 cm³/mol. The highest BCUT2D eigenvalue weighted by molar-refractivity contribution is 7.09. The highest BCUT2D eigenvalue weighted by Gasteiger charge is 2.19. The fourth-order valence-corrected chi connectivity index (χ4v) is 4.26. The first-order valence-corrected chi connectivity index (χ1v) is 9.40. The normalized spacial score (nSPS) is 18.0. The molecule has 126 valence electrons. The van der Waals surface area contributed by atoms with Gasteiger partial charge in [-0.3, -0.25) is 10.00 Å². The molecule has 1 aromatic carbocycles. The van der Waals surface area contributed by atoms with Gasteiger partial charge in [0.25, 0.3) is 0 Å². The monoisotopic (exact) mass is 341 g/mol. The van der Waals surface area contributed by atoms with E-state index < -0.39 is 0 Å². The smallest absolute Gasteiger partial charge is 0.0798 e. The summed E-state index contributed by atoms with van der Waals surface area (Å²) in [6, 6.07) is 6.60. The maximum atomic E-state index is 4.41. The van der Waals surface area contributed by atoms with E-state index >= 15 is 0 Å². The molecule has 1 aliphatic rings. The molecular formula is C18H23N5S. The Morgan fingerprint density at radius 3 is 3.08 bits per heavy atom. The van der Waals surface area contributed by atoms with Crippen LogP contribution < -0.4 is 5.32 Å². The molecule has 4 rings (SSSR count). The Kier molecular flexibility index (Phi) is 4.60. The number of hydrogen-bond donors (Lipinski definition) is 2. The molecule has 1 aliphatic heterocycles. The van der Waals surface area contributed by atoms with E-state index in [-0.39, 0.29) is 0 Å². The summed E-state index contributed by atoms with van der Waals surface area (Å²) in [6.45, 7) is 7.47. The minimum absolute atomic E-state index is 0.745. The van der Waals surface area contributed by atoms with Gasteiger partial charge in [-0.15, -0.1) is 11.3 Å². The number of thiazole rings is 1. The molecule has 0 amide bonds. The van der Waals surface area contributed by atoms with Crippen molar-refractivity contribution in [1.82, 2.24) is 25.4 Å². The second kappa shape index (κ2) is 7.01. The number of nitrogens with one attached hydrogen (secondary N) is 2. The first kappa shape index (κ1) is 15.7. The largest absolute Gasteiger partial charge is 0.316 e. The zero-order valence-electron chi connectivity index (χ0n) is 14.0. The van der Waals surface area contributed by atoms with Crippen LogP contribution in [-0.2, 0) is 13.1 Å². The van der Waals surface area contributed by atoms with E-state index in [0.717, 1.165) is 44.2 Å². The van der Waals surface area contributed by atoms with Crippen molar-refractivity contribution in [3.63, 3.8) is 0 Å². The van der Waals surface area contributed by atoms with Crippen molar-refractivity contribution in [2.24, 2.45) is 5.92 Å². The minimum Gasteiger partial charge on any atom is -0.316 e. The van der Waals surface area contributed by atoms with E-state index in [2.05, 4.69) is 50.5 Å². The molecule has 1 saturated heterocycles. The second-order valence-corrected chi connectivity index (χ2v) is 7.62. The van der Waals surface area contributed by atoms with Crippen molar-refractivity contribution in [3.05, 3.63) is 46.0 Å². The van der Waals surface area contributed by atoms with Crippen molar-refractivity contribution >= 4 is 22.2 Å². The highest BCUT2D eigenvalue weighted by Crippen LogP contribution is 2.21. The van der Waals surface area contributed by atoms with Crippen LogP contribution in [0, 0.1) is 12.8 Å². The zero-order valence-corrected chi connectivity index (χ0v) is 14.8. The molecule has 0 saturated carbocycles. The number of aryl methyl sites for hydroxylation is 1. The van der Waals surface area contributed by atoms with Crippen LogP contribution in [-0.4, -0.2) is 39.7 Å². The molecule has 5 nitrogen and oxygen atoms in total. The average Bonchev–Trinajstić information content (AvgIpc) is 3.30. The quantitative estimate of drug-likeness (QED) is 0.724. The highest BCUT2D eigenvalue weighted by atomic mass is 32.1. The van der Waals surface area contributed by atoms with Crippen molar-refractivity contribution in [2.45, 2.75) is 26.4 Å². The SMILES string of the molecule is Cc1ncsc1CN(Cc1ccc2cn[nH]c2c1)C[C@@H]1CCNC1. The van der Waals surface area contributed by atoms with Gasteiger partial charge in [-0.1, -0.05) is 12.1 Å². The Labute approximate surface area is 146 Å². The molecule has 0 aliphatic carbocycles. The maximum absolute atomic E-state index is 4.41. The third-order valence-electron chi connectivity index (χ3n) is 4.80. The number of aromatic nitrogens is 3. The van der Waals surface area contributed by atoms with Gasteiger partial charge in [-0.25, -0.2) is 4.98 Å². The third kappa shape index (κ3) is 3.50. The topological polar surface area (TPSA) is 56.8 Å². The van der Waals surface area contributed by atoms with Crippen LogP contribution in [0.2, 0.25) is 0 Å². The lowest BCUT2D eigenvalue weighted by molar-refractivity contribution is 0.222. The number of H-pyrrole nitrogens is 1. The van der Waals surface area contributed by atoms with Crippen LogP contribution in [0.15, 0.2) is 29.9 Å². The molecule has 3 heterocycles. The van der Waals surface area contributed by atoms with Gasteiger partial charge < -0.3 is 5.32 Å². The molecule has 0 radical (unpaired) electrons. The van der Waals surface area contributed by atoms with Gasteiger partial charge in [-0.2, -0.15) is 5.10 Å². The van der Waals surface area contributed by atoms with Crippen molar-refractivity contribution in [2.75, 3.05) is 19.6 Å². The Balaban J connectivity index is 1.52. The summed E-state index contributed by atoms with van der Waals surface area (Å²) in [4.78, 5) is 8.35. The molecule has 6 heteroatoms. The summed E-state index contributed by atoms with van der Waals surface area (Å²) in [7, 11) is 0. The van der Waals surface area contributed by atoms with Crippen molar-refractivity contribution < 1.29 is 0 Å². The van der Waals surface area contributed by atoms with Gasteiger partial charge in [-0.05, 0) is 44.0 Å². The molecule has 0 bridgehead atoms. The average molecular weight is 341 g/mol. The first-order valence-electron chi connectivity index (χ1n) is 8.52. The van der Waals surface area contributed by atoms with E-state index in [1.807, 2.05) is 11.7 Å². The summed E-state index contributed by atoms with van der Waals surface area (Å²) in [6.07, 6.45) is 3.15. The molecule has 2 aromatic heterocycles. The Hall–Kier alpha value is -1.76. The summed E-state index contributed by atoms with van der Waals surface area (Å²) >= 11 is 1.77. The number of nitrogens with zero attached hydrogens (tertiary/aromatic N) is 3. The molecular weight excluding hydrogens is 318 g/mol. The first-order chi connectivity index (χ1) is 11.8. The van der Waals surface area contributed by atoms with Crippen LogP contribution in [0.4, 0.5) is 0 Å². The molecule has 3 aromatic rings. The van der Waals surface area contributed by atoms with Crippen LogP contribution >= 0.6 is 11.3 Å². The lowest BCUT2D eigenvalue weighted by Gasteiger charge is -2.25. The Morgan fingerprint density at radius 1 is 1.33 bits per heavy atom. The lowest BCUT2D eigenvalue weighted by atomic mass is 10.1. The summed E-state index contributed by atoms with van der Waals surface area (Å²) in [5, 5.41) is 11.9. The fraction of sp³-hybridized carbons (Fsp3) is 0.444. The van der Waals surface area contributed by atoms with E-state index in [1.54, 1.807) is 11.3 Å². The van der Waals surface area contributed by atoms with Crippen LogP contribution in [0.1, 0.15) is 22.6 Å². The summed E-state index contributed by atoms with van der Waals surface area (Å²) in [5.74, 6) is 0.745. The Bertz CT molecular complexity index is 802. The summed E-state index contributed by atoms with van der Waals surface area (Å²) < 4.78 is 0. The number of benzene rings is 1. The maximum Gasteiger partial charge on any atom is 0.0798 e. The lowest BCUT2D eigenvalue weighted by Crippen LogP contribution is -2.30. The standard InChI is InChI=1S/C18H23N5S/c1-13-18(24-12-20-13)11-23(10-15-4-5-19-7-15)9-14-2-3-16-8-21-22-17(16)6-14/h2-3,6,8,12,15,19H,4-5,7,9-11H2,1H3,(H,21,22)/t15-/m1/s1. The van der Waals surface area contributed by atoms with Crippen LogP contribution in [0.5, 0.6) is 0 Å². The fourth-order valence-electron chi connectivity index (χ4n) is 3.44. The predicted octanol–water partition coefficient (Wildman–Crippen LogP) is 2.94. The third-order valence-corrected chi connectivity index (χ3v) is 5.72. The minimum atomic E-state index is 0.745. The van der Waals surface area contributed by atoms with Gasteiger partial charge in [0.2, 0.25) is 0 Å². The summed E-state index contributed by atoms with van der Waals surface area (Å²) in [5.41, 5.74) is 5.57. The molecule has 24 heavy (non-hydrogen) atoms.